The largest absolute Gasteiger partial charge is 0.509 e. The fourth-order valence-corrected chi connectivity index (χ4v) is 9.97. The molecule has 0 bridgehead atoms. The van der Waals surface area contributed by atoms with E-state index in [2.05, 4.69) is 260 Å². The molecule has 0 saturated carbocycles. The zero-order chi connectivity index (χ0) is 50.1. The molecule has 6 heteroatoms. The van der Waals surface area contributed by atoms with Gasteiger partial charge in [-0.2, -0.15) is 12.1 Å². The van der Waals surface area contributed by atoms with Gasteiger partial charge in [0, 0.05) is 72.5 Å². The van der Waals surface area contributed by atoms with Gasteiger partial charge in [-0.1, -0.05) is 183 Å². The predicted molar refractivity (Wildman–Crippen MR) is 301 cm³/mol. The van der Waals surface area contributed by atoms with Crippen LogP contribution in [0.1, 0.15) is 84.6 Å². The summed E-state index contributed by atoms with van der Waals surface area (Å²) in [6.07, 6.45) is 2.02. The molecule has 0 unspecified atom stereocenters. The molecule has 3 heterocycles. The number of pyridine rings is 1. The van der Waals surface area contributed by atoms with E-state index in [9.17, 15) is 0 Å². The molecule has 8 aromatic carbocycles. The fraction of sp³-hybridized carbons (Fsp3) is 0.194. The second-order valence-electron chi connectivity index (χ2n) is 22.4. The zero-order valence-corrected chi connectivity index (χ0v) is 45.7. The molecule has 2 aromatic heterocycles. The predicted octanol–water partition coefficient (Wildman–Crippen LogP) is 18.2. The molecule has 0 fully saturated rings. The van der Waals surface area contributed by atoms with Gasteiger partial charge in [-0.3, -0.25) is 0 Å². The molecule has 0 spiro atoms. The van der Waals surface area contributed by atoms with Gasteiger partial charge in [0.15, 0.2) is 0 Å². The first-order chi connectivity index (χ1) is 34.5. The third-order valence-electron chi connectivity index (χ3n) is 14.1. The van der Waals surface area contributed by atoms with Crippen molar-refractivity contribution in [1.29, 1.82) is 0 Å². The molecule has 11 rings (SSSR count). The molecule has 10 aromatic rings. The van der Waals surface area contributed by atoms with Crippen LogP contribution in [0, 0.1) is 25.7 Å². The Bertz CT molecular complexity index is 3630. The van der Waals surface area contributed by atoms with Gasteiger partial charge in [-0.25, -0.2) is 4.98 Å². The van der Waals surface area contributed by atoms with Crippen LogP contribution in [-0.4, -0.2) is 9.55 Å². The number of para-hydroxylation sites is 1. The van der Waals surface area contributed by atoms with E-state index >= 15 is 0 Å². The molecule has 0 aliphatic carbocycles. The van der Waals surface area contributed by atoms with Gasteiger partial charge in [-0.15, -0.1) is 48.1 Å². The van der Waals surface area contributed by atoms with E-state index in [0.717, 1.165) is 78.2 Å². The van der Waals surface area contributed by atoms with E-state index in [1.165, 1.54) is 27.8 Å². The molecule has 1 aliphatic heterocycles. The average Bonchev–Trinajstić information content (AvgIpc) is 3.92. The Balaban J connectivity index is 0.00000611. The number of ether oxygens (including phenoxy) is 1. The van der Waals surface area contributed by atoms with E-state index < -0.39 is 0 Å². The van der Waals surface area contributed by atoms with Crippen LogP contribution in [0.4, 0.5) is 22.7 Å². The second kappa shape index (κ2) is 19.0. The molecule has 0 N–H and O–H groups in total. The number of fused-ring (bicyclic) bond motifs is 4. The Morgan fingerprint density at radius 3 is 1.82 bits per heavy atom. The van der Waals surface area contributed by atoms with Crippen LogP contribution in [-0.2, 0) is 37.3 Å². The summed E-state index contributed by atoms with van der Waals surface area (Å²) in [7, 11) is 0. The standard InChI is InChI=1S/C67H61N4O.Pt/c1-44-34-63(68-42-59(44)48-24-17-25-49(35-48)65(2,3)4)71-60-33-30-47(45-20-13-11-14-21-45)36-58(60)57-32-31-55(41-62(57)71)72-54-27-18-26-52(40-54)69-43-70(53-38-50(66(5,6)7)37-51(39-53)67(8,9)10)64-56(28-19-29-61(64)69)46-22-15-12-16-23-46;/h11-39,42-43H,1-10H3;/q-3;. The summed E-state index contributed by atoms with van der Waals surface area (Å²) < 4.78 is 9.03. The van der Waals surface area contributed by atoms with Gasteiger partial charge in [0.2, 0.25) is 0 Å². The van der Waals surface area contributed by atoms with E-state index in [4.69, 9.17) is 9.72 Å². The number of rotatable bonds is 8. The summed E-state index contributed by atoms with van der Waals surface area (Å²) in [6.45, 7) is 24.9. The average molecular weight is 1130 g/mol. The van der Waals surface area contributed by atoms with Crippen LogP contribution in [0.3, 0.4) is 0 Å². The molecule has 0 saturated heterocycles. The summed E-state index contributed by atoms with van der Waals surface area (Å²) in [6, 6.07) is 70.3. The van der Waals surface area contributed by atoms with E-state index in [-0.39, 0.29) is 37.3 Å². The minimum absolute atomic E-state index is 0. The molecule has 0 atom stereocenters. The van der Waals surface area contributed by atoms with Gasteiger partial charge in [0.25, 0.3) is 0 Å². The maximum Gasteiger partial charge on any atom is 0.135 e. The van der Waals surface area contributed by atoms with Crippen LogP contribution in [0.2, 0.25) is 0 Å². The normalized spacial score (nSPS) is 12.8. The van der Waals surface area contributed by atoms with Crippen molar-refractivity contribution in [2.75, 3.05) is 9.80 Å². The first-order valence-electron chi connectivity index (χ1n) is 25.1. The van der Waals surface area contributed by atoms with Crippen LogP contribution in [0.25, 0.3) is 61.0 Å². The molecular formula is C67H61N4OPt-3. The smallest absolute Gasteiger partial charge is 0.135 e. The van der Waals surface area contributed by atoms with E-state index in [1.807, 2.05) is 24.4 Å². The monoisotopic (exact) mass is 1130 g/mol. The minimum atomic E-state index is -0.0463. The van der Waals surface area contributed by atoms with Crippen molar-refractivity contribution in [2.24, 2.45) is 0 Å². The van der Waals surface area contributed by atoms with Gasteiger partial charge in [-0.05, 0) is 103 Å². The number of benzene rings is 8. The number of aryl methyl sites for hydroxylation is 1. The zero-order valence-electron chi connectivity index (χ0n) is 43.4. The van der Waals surface area contributed by atoms with Gasteiger partial charge >= 0.3 is 0 Å². The Labute approximate surface area is 446 Å². The molecule has 368 valence electrons. The van der Waals surface area contributed by atoms with Crippen molar-refractivity contribution in [3.8, 4) is 50.7 Å². The van der Waals surface area contributed by atoms with Crippen LogP contribution >= 0.6 is 0 Å². The topological polar surface area (TPSA) is 33.5 Å². The summed E-state index contributed by atoms with van der Waals surface area (Å²) in [5.41, 5.74) is 18.0. The van der Waals surface area contributed by atoms with Crippen LogP contribution in [0.5, 0.6) is 11.5 Å². The first-order valence-corrected chi connectivity index (χ1v) is 25.1. The van der Waals surface area contributed by atoms with Crippen molar-refractivity contribution < 1.29 is 25.8 Å². The molecule has 0 amide bonds. The summed E-state index contributed by atoms with van der Waals surface area (Å²) in [4.78, 5) is 9.79. The first kappa shape index (κ1) is 49.4. The number of hydrogen-bond donors (Lipinski definition) is 0. The fourth-order valence-electron chi connectivity index (χ4n) is 9.97. The molecule has 0 radical (unpaired) electrons. The number of anilines is 4. The Kier molecular flexibility index (Phi) is 12.9. The Hall–Kier alpha value is -7.20. The maximum atomic E-state index is 6.81. The number of hydrogen-bond acceptors (Lipinski definition) is 4. The van der Waals surface area contributed by atoms with Gasteiger partial charge < -0.3 is 19.1 Å². The molecular weight excluding hydrogens is 1070 g/mol. The third kappa shape index (κ3) is 9.52. The van der Waals surface area contributed by atoms with E-state index in [1.54, 1.807) is 0 Å². The van der Waals surface area contributed by atoms with Gasteiger partial charge in [0.1, 0.15) is 5.82 Å². The molecule has 5 nitrogen and oxygen atoms in total. The number of aromatic nitrogens is 2. The Morgan fingerprint density at radius 2 is 1.14 bits per heavy atom. The van der Waals surface area contributed by atoms with Crippen molar-refractivity contribution in [3.63, 3.8) is 0 Å². The van der Waals surface area contributed by atoms with Crippen molar-refractivity contribution in [1.82, 2.24) is 9.55 Å². The van der Waals surface area contributed by atoms with Crippen molar-refractivity contribution >= 4 is 44.6 Å². The summed E-state index contributed by atoms with van der Waals surface area (Å²) in [5.74, 6) is 2.00. The number of nitrogens with zero attached hydrogens (tertiary/aromatic N) is 4. The summed E-state index contributed by atoms with van der Waals surface area (Å²) >= 11 is 0. The van der Waals surface area contributed by atoms with E-state index in [0.29, 0.717) is 11.5 Å². The Morgan fingerprint density at radius 1 is 0.493 bits per heavy atom. The minimum Gasteiger partial charge on any atom is -0.509 e. The molecule has 73 heavy (non-hydrogen) atoms. The van der Waals surface area contributed by atoms with Crippen LogP contribution in [0.15, 0.2) is 182 Å². The second-order valence-corrected chi connectivity index (χ2v) is 22.4. The molecule has 1 aliphatic rings. The van der Waals surface area contributed by atoms with Crippen LogP contribution < -0.4 is 14.5 Å². The maximum absolute atomic E-state index is 6.81. The van der Waals surface area contributed by atoms with Gasteiger partial charge in [0.05, 0.1) is 0 Å². The van der Waals surface area contributed by atoms with Crippen molar-refractivity contribution in [2.45, 2.75) is 85.5 Å². The summed E-state index contributed by atoms with van der Waals surface area (Å²) in [5, 5.41) is 2.19. The SMILES string of the molecule is Cc1cc(-n2c3[c-]c(Oc4[c-]c(N5[CH-]N(c6cc(C(C)(C)C)cc(C(C)(C)C)c6)c6c(-c7ccccc7)cccc65)ccc4)ccc3c3cc(-c4ccccc4)ccc32)ncc1-c1cccc(C(C)(C)C)c1.[Pt]. The third-order valence-corrected chi connectivity index (χ3v) is 14.1. The van der Waals surface area contributed by atoms with Crippen molar-refractivity contribution in [3.05, 3.63) is 223 Å². The quantitative estimate of drug-likeness (QED) is 0.142.